The Morgan fingerprint density at radius 3 is 2.50 bits per heavy atom. The zero-order chi connectivity index (χ0) is 17.7. The van der Waals surface area contributed by atoms with Gasteiger partial charge in [-0.1, -0.05) is 0 Å². The van der Waals surface area contributed by atoms with Gasteiger partial charge in [0.05, 0.1) is 18.8 Å². The normalized spacial score (nSPS) is 11.0. The highest BCUT2D eigenvalue weighted by molar-refractivity contribution is 5.85. The molecule has 0 aromatic carbocycles. The molecule has 2 aromatic rings. The van der Waals surface area contributed by atoms with Crippen LogP contribution in [0.1, 0.15) is 12.8 Å². The predicted molar refractivity (Wildman–Crippen MR) is 96.2 cm³/mol. The van der Waals surface area contributed by atoms with E-state index in [2.05, 4.69) is 39.9 Å². The fourth-order valence-electron chi connectivity index (χ4n) is 2.51. The number of rotatable bonds is 8. The molecule has 0 radical (unpaired) electrons. The molecular formula is C16H26N8. The number of imidazole rings is 1. The monoisotopic (exact) mass is 330 g/mol. The first-order valence-electron chi connectivity index (χ1n) is 8.07. The van der Waals surface area contributed by atoms with Crippen molar-refractivity contribution < 1.29 is 0 Å². The molecule has 0 N–H and O–H groups in total. The number of aromatic nitrogens is 4. The van der Waals surface area contributed by atoms with Crippen molar-refractivity contribution in [2.75, 3.05) is 57.6 Å². The standard InChI is InChI=1S/C16H26N8/c1-21(2)9-7-11-23(4)16-19-14-13(24(5)12-18-14)15(20-16)22(3)10-6-8-17/h12H,6-7,9-11H2,1-5H3. The number of hydrogen-bond donors (Lipinski definition) is 0. The van der Waals surface area contributed by atoms with Crippen molar-refractivity contribution in [1.29, 1.82) is 5.26 Å². The highest BCUT2D eigenvalue weighted by atomic mass is 15.3. The third kappa shape index (κ3) is 4.11. The van der Waals surface area contributed by atoms with Gasteiger partial charge in [-0.25, -0.2) is 4.98 Å². The highest BCUT2D eigenvalue weighted by Crippen LogP contribution is 2.24. The Balaban J connectivity index is 2.30. The fraction of sp³-hybridized carbons (Fsp3) is 0.625. The second-order valence-electron chi connectivity index (χ2n) is 6.28. The minimum atomic E-state index is 0.452. The molecule has 2 heterocycles. The lowest BCUT2D eigenvalue weighted by molar-refractivity contribution is 0.401. The van der Waals surface area contributed by atoms with E-state index in [1.807, 2.05) is 30.6 Å². The van der Waals surface area contributed by atoms with Crippen LogP contribution in [-0.2, 0) is 7.05 Å². The van der Waals surface area contributed by atoms with Crippen molar-refractivity contribution in [3.8, 4) is 6.07 Å². The maximum atomic E-state index is 8.84. The number of aryl methyl sites for hydroxylation is 1. The maximum absolute atomic E-state index is 8.84. The zero-order valence-electron chi connectivity index (χ0n) is 15.2. The molecule has 24 heavy (non-hydrogen) atoms. The van der Waals surface area contributed by atoms with E-state index in [-0.39, 0.29) is 0 Å². The predicted octanol–water partition coefficient (Wildman–Crippen LogP) is 1.10. The Labute approximate surface area is 143 Å². The molecule has 2 rings (SSSR count). The maximum Gasteiger partial charge on any atom is 0.229 e. The van der Waals surface area contributed by atoms with Crippen molar-refractivity contribution in [3.05, 3.63) is 6.33 Å². The van der Waals surface area contributed by atoms with E-state index >= 15 is 0 Å². The van der Waals surface area contributed by atoms with Gasteiger partial charge in [-0.2, -0.15) is 15.2 Å². The molecule has 0 fully saturated rings. The third-order valence-corrected chi connectivity index (χ3v) is 3.90. The van der Waals surface area contributed by atoms with Crippen LogP contribution in [0.2, 0.25) is 0 Å². The van der Waals surface area contributed by atoms with E-state index in [0.29, 0.717) is 24.6 Å². The Bertz CT molecular complexity index is 715. The lowest BCUT2D eigenvalue weighted by atomic mass is 10.3. The minimum Gasteiger partial charge on any atom is -0.357 e. The summed E-state index contributed by atoms with van der Waals surface area (Å²) in [5.41, 5.74) is 1.57. The zero-order valence-corrected chi connectivity index (χ0v) is 15.2. The molecule has 2 aromatic heterocycles. The van der Waals surface area contributed by atoms with Gasteiger partial charge < -0.3 is 19.3 Å². The summed E-state index contributed by atoms with van der Waals surface area (Å²) < 4.78 is 1.92. The smallest absolute Gasteiger partial charge is 0.229 e. The van der Waals surface area contributed by atoms with Crippen LogP contribution in [0.15, 0.2) is 6.33 Å². The van der Waals surface area contributed by atoms with Gasteiger partial charge >= 0.3 is 0 Å². The molecule has 0 unspecified atom stereocenters. The molecule has 130 valence electrons. The van der Waals surface area contributed by atoms with Crippen molar-refractivity contribution in [1.82, 2.24) is 24.4 Å². The number of nitrogens with zero attached hydrogens (tertiary/aromatic N) is 8. The van der Waals surface area contributed by atoms with Gasteiger partial charge in [0, 0.05) is 34.2 Å². The van der Waals surface area contributed by atoms with Crippen LogP contribution in [-0.4, -0.2) is 72.2 Å². The summed E-state index contributed by atoms with van der Waals surface area (Å²) in [6.07, 6.45) is 3.23. The number of nitriles is 1. The van der Waals surface area contributed by atoms with Crippen LogP contribution >= 0.6 is 0 Å². The quantitative estimate of drug-likeness (QED) is 0.717. The van der Waals surface area contributed by atoms with Crippen molar-refractivity contribution >= 4 is 22.9 Å². The van der Waals surface area contributed by atoms with Gasteiger partial charge in [-0.15, -0.1) is 0 Å². The third-order valence-electron chi connectivity index (χ3n) is 3.90. The minimum absolute atomic E-state index is 0.452. The molecule has 8 nitrogen and oxygen atoms in total. The van der Waals surface area contributed by atoms with Crippen molar-refractivity contribution in [2.45, 2.75) is 12.8 Å². The van der Waals surface area contributed by atoms with Gasteiger partial charge in [0.2, 0.25) is 5.95 Å². The molecule has 8 heteroatoms. The largest absolute Gasteiger partial charge is 0.357 e. The summed E-state index contributed by atoms with van der Waals surface area (Å²) in [6.45, 7) is 2.51. The number of fused-ring (bicyclic) bond motifs is 1. The lowest BCUT2D eigenvalue weighted by Gasteiger charge is -2.22. The average molecular weight is 330 g/mol. The lowest BCUT2D eigenvalue weighted by Crippen LogP contribution is -2.26. The van der Waals surface area contributed by atoms with Crippen LogP contribution in [0.3, 0.4) is 0 Å². The van der Waals surface area contributed by atoms with Crippen molar-refractivity contribution in [2.24, 2.45) is 7.05 Å². The second kappa shape index (κ2) is 7.93. The first-order chi connectivity index (χ1) is 11.4. The van der Waals surface area contributed by atoms with Gasteiger partial charge in [0.25, 0.3) is 0 Å². The summed E-state index contributed by atoms with van der Waals surface area (Å²) in [6, 6.07) is 2.18. The van der Waals surface area contributed by atoms with Crippen LogP contribution in [0.25, 0.3) is 11.2 Å². The van der Waals surface area contributed by atoms with Gasteiger partial charge in [0.15, 0.2) is 11.5 Å². The molecular weight excluding hydrogens is 304 g/mol. The summed E-state index contributed by atoms with van der Waals surface area (Å²) >= 11 is 0. The van der Waals surface area contributed by atoms with E-state index in [1.54, 1.807) is 6.33 Å². The van der Waals surface area contributed by atoms with E-state index in [0.717, 1.165) is 30.8 Å². The number of hydrogen-bond acceptors (Lipinski definition) is 7. The summed E-state index contributed by atoms with van der Waals surface area (Å²) in [4.78, 5) is 19.9. The van der Waals surface area contributed by atoms with Crippen LogP contribution in [0, 0.1) is 11.3 Å². The molecule has 0 aliphatic heterocycles. The topological polar surface area (TPSA) is 77.1 Å². The van der Waals surface area contributed by atoms with E-state index in [1.165, 1.54) is 0 Å². The van der Waals surface area contributed by atoms with Gasteiger partial charge in [-0.3, -0.25) is 0 Å². The molecule has 0 atom stereocenters. The van der Waals surface area contributed by atoms with Gasteiger partial charge in [-0.05, 0) is 27.1 Å². The molecule has 0 aliphatic carbocycles. The Hall–Kier alpha value is -2.40. The van der Waals surface area contributed by atoms with Crippen LogP contribution < -0.4 is 9.80 Å². The summed E-state index contributed by atoms with van der Waals surface area (Å²) in [5, 5.41) is 8.84. The summed E-state index contributed by atoms with van der Waals surface area (Å²) in [5.74, 6) is 1.48. The Morgan fingerprint density at radius 1 is 1.08 bits per heavy atom. The molecule has 0 bridgehead atoms. The van der Waals surface area contributed by atoms with Crippen molar-refractivity contribution in [3.63, 3.8) is 0 Å². The second-order valence-corrected chi connectivity index (χ2v) is 6.28. The Morgan fingerprint density at radius 2 is 1.83 bits per heavy atom. The highest BCUT2D eigenvalue weighted by Gasteiger charge is 2.17. The molecule has 0 aliphatic rings. The SMILES string of the molecule is CN(C)CCCN(C)c1nc(N(C)CCC#N)c2c(ncn2C)n1. The Kier molecular flexibility index (Phi) is 5.93. The number of anilines is 2. The van der Waals surface area contributed by atoms with E-state index < -0.39 is 0 Å². The molecule has 0 saturated carbocycles. The van der Waals surface area contributed by atoms with Crippen LogP contribution in [0.5, 0.6) is 0 Å². The molecule has 0 spiro atoms. The van der Waals surface area contributed by atoms with Crippen LogP contribution in [0.4, 0.5) is 11.8 Å². The summed E-state index contributed by atoms with van der Waals surface area (Å²) in [7, 11) is 10.0. The molecule has 0 amide bonds. The van der Waals surface area contributed by atoms with Gasteiger partial charge in [0.1, 0.15) is 5.52 Å². The molecule has 0 saturated heterocycles. The first kappa shape index (κ1) is 17.9. The fourth-order valence-corrected chi connectivity index (χ4v) is 2.51. The first-order valence-corrected chi connectivity index (χ1v) is 8.07. The van der Waals surface area contributed by atoms with E-state index in [4.69, 9.17) is 10.2 Å². The van der Waals surface area contributed by atoms with E-state index in [9.17, 15) is 0 Å². The average Bonchev–Trinajstić information content (AvgIpc) is 2.92.